The minimum atomic E-state index is -3.61. The molecule has 0 atom stereocenters. The van der Waals surface area contributed by atoms with Crippen LogP contribution in [0.3, 0.4) is 0 Å². The van der Waals surface area contributed by atoms with E-state index < -0.39 is 10.0 Å². The molecule has 8 heteroatoms. The second-order valence-corrected chi connectivity index (χ2v) is 8.28. The first-order valence-corrected chi connectivity index (χ1v) is 8.86. The first-order chi connectivity index (χ1) is 8.96. The van der Waals surface area contributed by atoms with Crippen molar-refractivity contribution in [1.29, 1.82) is 0 Å². The number of aliphatic hydroxyl groups is 1. The van der Waals surface area contributed by atoms with Crippen LogP contribution in [0.2, 0.25) is 4.47 Å². The van der Waals surface area contributed by atoms with Crippen molar-refractivity contribution in [2.75, 3.05) is 13.2 Å². The average molecular weight is 325 g/mol. The van der Waals surface area contributed by atoms with Crippen molar-refractivity contribution >= 4 is 33.0 Å². The smallest absolute Gasteiger partial charge is 0.254 e. The summed E-state index contributed by atoms with van der Waals surface area (Å²) in [6, 6.07) is -0.0163. The van der Waals surface area contributed by atoms with Crippen molar-refractivity contribution in [3.63, 3.8) is 0 Å². The van der Waals surface area contributed by atoms with Crippen LogP contribution >= 0.6 is 22.9 Å². The van der Waals surface area contributed by atoms with E-state index >= 15 is 0 Å². The highest BCUT2D eigenvalue weighted by Gasteiger charge is 2.35. The van der Waals surface area contributed by atoms with Gasteiger partial charge < -0.3 is 5.11 Å². The third-order valence-corrected chi connectivity index (χ3v) is 7.12. The molecule has 0 aromatic carbocycles. The summed E-state index contributed by atoms with van der Waals surface area (Å²) in [6.45, 7) is 1.59. The summed E-state index contributed by atoms with van der Waals surface area (Å²) >= 11 is 6.77. The number of rotatable bonds is 5. The number of nitrogens with zero attached hydrogens (tertiary/aromatic N) is 2. The van der Waals surface area contributed by atoms with Gasteiger partial charge in [0.05, 0.1) is 12.3 Å². The Kier molecular flexibility index (Phi) is 4.84. The van der Waals surface area contributed by atoms with E-state index in [1.54, 1.807) is 6.92 Å². The van der Waals surface area contributed by atoms with Crippen LogP contribution in [0.4, 0.5) is 0 Å². The lowest BCUT2D eigenvalue weighted by Gasteiger charge is -2.26. The maximum absolute atomic E-state index is 12.7. The largest absolute Gasteiger partial charge is 0.395 e. The fraction of sp³-hybridized carbons (Fsp3) is 0.727. The molecule has 0 radical (unpaired) electrons. The molecule has 0 unspecified atom stereocenters. The van der Waals surface area contributed by atoms with E-state index in [1.165, 1.54) is 4.31 Å². The van der Waals surface area contributed by atoms with Crippen LogP contribution in [0.15, 0.2) is 4.21 Å². The third kappa shape index (κ3) is 3.11. The molecule has 1 fully saturated rings. The lowest BCUT2D eigenvalue weighted by molar-refractivity contribution is 0.226. The van der Waals surface area contributed by atoms with E-state index in [4.69, 9.17) is 16.7 Å². The van der Waals surface area contributed by atoms with Crippen molar-refractivity contribution in [3.8, 4) is 0 Å². The number of thiazole rings is 1. The average Bonchev–Trinajstić information content (AvgIpc) is 2.95. The molecule has 5 nitrogen and oxygen atoms in total. The number of hydrogen-bond acceptors (Lipinski definition) is 5. The van der Waals surface area contributed by atoms with Gasteiger partial charge >= 0.3 is 0 Å². The molecule has 0 bridgehead atoms. The maximum Gasteiger partial charge on any atom is 0.254 e. The molecule has 108 valence electrons. The fourth-order valence-corrected chi connectivity index (χ4v) is 6.01. The van der Waals surface area contributed by atoms with E-state index in [9.17, 15) is 8.42 Å². The summed E-state index contributed by atoms with van der Waals surface area (Å²) in [4.78, 5) is 3.96. The lowest BCUT2D eigenvalue weighted by atomic mass is 10.2. The van der Waals surface area contributed by atoms with Gasteiger partial charge in [0.25, 0.3) is 10.0 Å². The SMILES string of the molecule is Cc1nc(Cl)sc1S(=O)(=O)N(CCO)C1CCCC1. The molecule has 19 heavy (non-hydrogen) atoms. The molecule has 1 saturated carbocycles. The number of aryl methyl sites for hydroxylation is 1. The molecule has 1 N–H and O–H groups in total. The summed E-state index contributed by atoms with van der Waals surface area (Å²) in [6.07, 6.45) is 3.77. The number of aromatic nitrogens is 1. The third-order valence-electron chi connectivity index (χ3n) is 3.32. The minimum absolute atomic E-state index is 0.0163. The summed E-state index contributed by atoms with van der Waals surface area (Å²) in [5.74, 6) is 0. The van der Waals surface area contributed by atoms with E-state index in [0.29, 0.717) is 5.69 Å². The molecule has 0 saturated heterocycles. The van der Waals surface area contributed by atoms with E-state index in [0.717, 1.165) is 37.0 Å². The van der Waals surface area contributed by atoms with Gasteiger partial charge in [-0.25, -0.2) is 13.4 Å². The minimum Gasteiger partial charge on any atom is -0.395 e. The van der Waals surface area contributed by atoms with Crippen molar-refractivity contribution in [1.82, 2.24) is 9.29 Å². The molecule has 0 aliphatic heterocycles. The Balaban J connectivity index is 2.36. The van der Waals surface area contributed by atoms with Crippen LogP contribution in [0, 0.1) is 6.92 Å². The molecule has 0 amide bonds. The fourth-order valence-electron chi connectivity index (χ4n) is 2.49. The first kappa shape index (κ1) is 15.2. The quantitative estimate of drug-likeness (QED) is 0.899. The van der Waals surface area contributed by atoms with E-state index in [2.05, 4.69) is 4.98 Å². The predicted molar refractivity (Wildman–Crippen MR) is 75.1 cm³/mol. The molecule has 0 spiro atoms. The summed E-state index contributed by atoms with van der Waals surface area (Å²) in [7, 11) is -3.61. The van der Waals surface area contributed by atoms with Gasteiger partial charge in [0, 0.05) is 12.6 Å². The Morgan fingerprint density at radius 3 is 2.58 bits per heavy atom. The van der Waals surface area contributed by atoms with E-state index in [-0.39, 0.29) is 27.9 Å². The van der Waals surface area contributed by atoms with Gasteiger partial charge in [-0.1, -0.05) is 35.8 Å². The Morgan fingerprint density at radius 1 is 1.47 bits per heavy atom. The first-order valence-electron chi connectivity index (χ1n) is 6.22. The Hall–Kier alpha value is -0.210. The zero-order valence-corrected chi connectivity index (χ0v) is 13.1. The number of sulfonamides is 1. The summed E-state index contributed by atoms with van der Waals surface area (Å²) in [5, 5.41) is 9.14. The van der Waals surface area contributed by atoms with Crippen molar-refractivity contribution in [2.24, 2.45) is 0 Å². The topological polar surface area (TPSA) is 70.5 Å². The molecule has 1 aliphatic rings. The predicted octanol–water partition coefficient (Wildman–Crippen LogP) is 2.03. The monoisotopic (exact) mass is 324 g/mol. The van der Waals surface area contributed by atoms with Gasteiger partial charge in [0.2, 0.25) is 0 Å². The van der Waals surface area contributed by atoms with Crippen LogP contribution in [-0.4, -0.2) is 42.0 Å². The molecule has 2 rings (SSSR count). The second kappa shape index (κ2) is 6.05. The number of aliphatic hydroxyl groups excluding tert-OH is 1. The highest BCUT2D eigenvalue weighted by Crippen LogP contribution is 2.33. The zero-order chi connectivity index (χ0) is 14.0. The second-order valence-electron chi connectivity index (χ2n) is 4.62. The standard InChI is InChI=1S/C11H17ClN2O3S2/c1-8-10(18-11(12)13-8)19(16,17)14(6-7-15)9-4-2-3-5-9/h9,15H,2-7H2,1H3. The van der Waals surface area contributed by atoms with Crippen LogP contribution < -0.4 is 0 Å². The number of hydrogen-bond donors (Lipinski definition) is 1. The highest BCUT2D eigenvalue weighted by molar-refractivity contribution is 7.91. The molecular weight excluding hydrogens is 308 g/mol. The van der Waals surface area contributed by atoms with Gasteiger partial charge in [-0.2, -0.15) is 4.31 Å². The Bertz CT molecular complexity index is 538. The highest BCUT2D eigenvalue weighted by atomic mass is 35.5. The molecule has 1 heterocycles. The summed E-state index contributed by atoms with van der Waals surface area (Å²) in [5.41, 5.74) is 0.427. The molecule has 1 aliphatic carbocycles. The van der Waals surface area contributed by atoms with Gasteiger partial charge in [0.1, 0.15) is 0 Å². The Morgan fingerprint density at radius 2 is 2.11 bits per heavy atom. The maximum atomic E-state index is 12.7. The van der Waals surface area contributed by atoms with Gasteiger partial charge in [-0.15, -0.1) is 0 Å². The lowest BCUT2D eigenvalue weighted by Crippen LogP contribution is -2.40. The van der Waals surface area contributed by atoms with Crippen LogP contribution in [0.1, 0.15) is 31.4 Å². The molecule has 1 aromatic rings. The van der Waals surface area contributed by atoms with Crippen LogP contribution in [0.25, 0.3) is 0 Å². The molecule has 1 aromatic heterocycles. The van der Waals surface area contributed by atoms with Crippen molar-refractivity contribution in [3.05, 3.63) is 10.2 Å². The van der Waals surface area contributed by atoms with Crippen LogP contribution in [0.5, 0.6) is 0 Å². The summed E-state index contributed by atoms with van der Waals surface area (Å²) < 4.78 is 27.2. The number of halogens is 1. The van der Waals surface area contributed by atoms with Crippen molar-refractivity contribution in [2.45, 2.75) is 42.9 Å². The van der Waals surface area contributed by atoms with Gasteiger partial charge in [-0.3, -0.25) is 0 Å². The van der Waals surface area contributed by atoms with Gasteiger partial charge in [0.15, 0.2) is 8.68 Å². The van der Waals surface area contributed by atoms with Crippen LogP contribution in [-0.2, 0) is 10.0 Å². The normalized spacial score (nSPS) is 17.5. The zero-order valence-electron chi connectivity index (χ0n) is 10.7. The van der Waals surface area contributed by atoms with Gasteiger partial charge in [-0.05, 0) is 19.8 Å². The Labute approximate surface area is 122 Å². The van der Waals surface area contributed by atoms with E-state index in [1.807, 2.05) is 0 Å². The van der Waals surface area contributed by atoms with Crippen molar-refractivity contribution < 1.29 is 13.5 Å². The molecular formula is C11H17ClN2O3S2.